The lowest BCUT2D eigenvalue weighted by Gasteiger charge is -2.30. The minimum Gasteiger partial charge on any atom is -0.374 e. The Bertz CT molecular complexity index is 694. The van der Waals surface area contributed by atoms with Gasteiger partial charge in [-0.3, -0.25) is 0 Å². The van der Waals surface area contributed by atoms with Gasteiger partial charge in [0, 0.05) is 13.1 Å². The smallest absolute Gasteiger partial charge is 0.178 e. The highest BCUT2D eigenvalue weighted by Gasteiger charge is 2.19. The fraction of sp³-hybridized carbons (Fsp3) is 0.500. The summed E-state index contributed by atoms with van der Waals surface area (Å²) in [4.78, 5) is 5.31. The molecule has 0 saturated carbocycles. The van der Waals surface area contributed by atoms with Crippen LogP contribution < -0.4 is 0 Å². The van der Waals surface area contributed by atoms with Crippen LogP contribution in [0, 0.1) is 17.5 Å². The van der Waals surface area contributed by atoms with Gasteiger partial charge in [0.05, 0.1) is 30.3 Å². The van der Waals surface area contributed by atoms with Crippen LogP contribution in [-0.2, 0) is 11.3 Å². The Kier molecular flexibility index (Phi) is 3.62. The van der Waals surface area contributed by atoms with E-state index in [2.05, 4.69) is 16.9 Å². The van der Waals surface area contributed by atoms with Crippen LogP contribution in [0.2, 0.25) is 0 Å². The number of aromatic amines is 1. The SMILES string of the molecule is Cc1cc2c(cc1F)[nH]c(=S)n2CC1CN(C)CCO1. The number of rotatable bonds is 2. The molecule has 2 aromatic rings. The van der Waals surface area contributed by atoms with Gasteiger partial charge in [0.1, 0.15) is 5.82 Å². The normalized spacial score (nSPS) is 20.6. The number of morpholine rings is 1. The molecule has 0 radical (unpaired) electrons. The first kappa shape index (κ1) is 13.7. The first-order valence-corrected chi connectivity index (χ1v) is 7.14. The Morgan fingerprint density at radius 2 is 2.30 bits per heavy atom. The second kappa shape index (κ2) is 5.27. The standard InChI is InChI=1S/C14H18FN3OS/c1-9-5-13-12(6-11(9)15)16-14(20)18(13)8-10-7-17(2)3-4-19-10/h5-6,10H,3-4,7-8H2,1-2H3,(H,16,20). The fourth-order valence-electron chi connectivity index (χ4n) is 2.64. The topological polar surface area (TPSA) is 33.2 Å². The highest BCUT2D eigenvalue weighted by molar-refractivity contribution is 7.71. The highest BCUT2D eigenvalue weighted by Crippen LogP contribution is 2.20. The van der Waals surface area contributed by atoms with Gasteiger partial charge in [-0.05, 0) is 43.9 Å². The lowest BCUT2D eigenvalue weighted by atomic mass is 10.2. The number of imidazole rings is 1. The van der Waals surface area contributed by atoms with Crippen LogP contribution in [0.3, 0.4) is 0 Å². The van der Waals surface area contributed by atoms with Crippen LogP contribution in [0.15, 0.2) is 12.1 Å². The van der Waals surface area contributed by atoms with E-state index in [9.17, 15) is 4.39 Å². The van der Waals surface area contributed by atoms with E-state index in [1.807, 2.05) is 10.6 Å². The van der Waals surface area contributed by atoms with Crippen LogP contribution in [0.1, 0.15) is 5.56 Å². The fourth-order valence-corrected chi connectivity index (χ4v) is 2.93. The molecule has 1 aliphatic rings. The molecular formula is C14H18FN3OS. The number of aromatic nitrogens is 2. The Hall–Kier alpha value is -1.24. The summed E-state index contributed by atoms with van der Waals surface area (Å²) in [5.74, 6) is -0.213. The number of nitrogens with zero attached hydrogens (tertiary/aromatic N) is 2. The highest BCUT2D eigenvalue weighted by atomic mass is 32.1. The zero-order chi connectivity index (χ0) is 14.3. The van der Waals surface area contributed by atoms with Crippen molar-refractivity contribution in [3.63, 3.8) is 0 Å². The monoisotopic (exact) mass is 295 g/mol. The number of H-pyrrole nitrogens is 1. The van der Waals surface area contributed by atoms with Crippen LogP contribution in [-0.4, -0.2) is 47.3 Å². The third-order valence-electron chi connectivity index (χ3n) is 3.78. The van der Waals surface area contributed by atoms with Crippen molar-refractivity contribution < 1.29 is 9.13 Å². The maximum atomic E-state index is 13.6. The van der Waals surface area contributed by atoms with Crippen LogP contribution in [0.5, 0.6) is 0 Å². The maximum absolute atomic E-state index is 13.6. The molecule has 1 aliphatic heterocycles. The van der Waals surface area contributed by atoms with Gasteiger partial charge < -0.3 is 19.2 Å². The third-order valence-corrected chi connectivity index (χ3v) is 4.11. The minimum atomic E-state index is -0.213. The Morgan fingerprint density at radius 3 is 3.05 bits per heavy atom. The second-order valence-electron chi connectivity index (χ2n) is 5.41. The van der Waals surface area contributed by atoms with Crippen molar-refractivity contribution in [2.75, 3.05) is 26.7 Å². The molecule has 1 N–H and O–H groups in total. The molecule has 1 saturated heterocycles. The largest absolute Gasteiger partial charge is 0.374 e. The number of nitrogens with one attached hydrogen (secondary N) is 1. The van der Waals surface area contributed by atoms with Crippen molar-refractivity contribution in [2.24, 2.45) is 0 Å². The molecule has 1 fully saturated rings. The number of hydrogen-bond donors (Lipinski definition) is 1. The average Bonchev–Trinajstić information content (AvgIpc) is 2.67. The predicted molar refractivity (Wildman–Crippen MR) is 79.1 cm³/mol. The molecule has 108 valence electrons. The summed E-state index contributed by atoms with van der Waals surface area (Å²) < 4.78 is 22.0. The molecule has 0 amide bonds. The number of aryl methyl sites for hydroxylation is 1. The molecule has 0 spiro atoms. The molecular weight excluding hydrogens is 277 g/mol. The van der Waals surface area contributed by atoms with E-state index in [-0.39, 0.29) is 11.9 Å². The first-order chi connectivity index (χ1) is 9.54. The number of benzene rings is 1. The van der Waals surface area contributed by atoms with Crippen molar-refractivity contribution in [2.45, 2.75) is 19.6 Å². The summed E-state index contributed by atoms with van der Waals surface area (Å²) in [6.07, 6.45) is 0.116. The first-order valence-electron chi connectivity index (χ1n) is 6.73. The van der Waals surface area contributed by atoms with Crippen molar-refractivity contribution in [1.29, 1.82) is 0 Å². The van der Waals surface area contributed by atoms with Gasteiger partial charge in [-0.15, -0.1) is 0 Å². The van der Waals surface area contributed by atoms with E-state index < -0.39 is 0 Å². The molecule has 2 heterocycles. The van der Waals surface area contributed by atoms with E-state index >= 15 is 0 Å². The van der Waals surface area contributed by atoms with Crippen LogP contribution >= 0.6 is 12.2 Å². The van der Waals surface area contributed by atoms with Crippen molar-refractivity contribution in [3.05, 3.63) is 28.3 Å². The molecule has 1 atom stereocenters. The van der Waals surface area contributed by atoms with E-state index in [1.165, 1.54) is 6.07 Å². The lowest BCUT2D eigenvalue weighted by Crippen LogP contribution is -2.41. The average molecular weight is 295 g/mol. The van der Waals surface area contributed by atoms with E-state index in [1.54, 1.807) is 6.92 Å². The molecule has 1 unspecified atom stereocenters. The minimum absolute atomic E-state index is 0.116. The number of fused-ring (bicyclic) bond motifs is 1. The van der Waals surface area contributed by atoms with Crippen molar-refractivity contribution in [1.82, 2.24) is 14.5 Å². The van der Waals surface area contributed by atoms with Crippen LogP contribution in [0.4, 0.5) is 4.39 Å². The molecule has 0 aliphatic carbocycles. The number of halogens is 1. The Balaban J connectivity index is 1.96. The molecule has 20 heavy (non-hydrogen) atoms. The molecule has 6 heteroatoms. The predicted octanol–water partition coefficient (Wildman–Crippen LogP) is 2.48. The van der Waals surface area contributed by atoms with Gasteiger partial charge in [-0.1, -0.05) is 0 Å². The van der Waals surface area contributed by atoms with E-state index in [4.69, 9.17) is 17.0 Å². The van der Waals surface area contributed by atoms with E-state index in [0.717, 1.165) is 30.7 Å². The summed E-state index contributed by atoms with van der Waals surface area (Å²) in [5, 5.41) is 0. The summed E-state index contributed by atoms with van der Waals surface area (Å²) in [7, 11) is 2.09. The second-order valence-corrected chi connectivity index (χ2v) is 5.80. The molecule has 0 bridgehead atoms. The van der Waals surface area contributed by atoms with E-state index in [0.29, 0.717) is 16.9 Å². The summed E-state index contributed by atoms with van der Waals surface area (Å²) >= 11 is 5.35. The molecule has 1 aromatic carbocycles. The summed E-state index contributed by atoms with van der Waals surface area (Å²) in [6.45, 7) is 5.04. The van der Waals surface area contributed by atoms with Gasteiger partial charge in [0.15, 0.2) is 4.77 Å². The maximum Gasteiger partial charge on any atom is 0.178 e. The van der Waals surface area contributed by atoms with Crippen molar-refractivity contribution in [3.8, 4) is 0 Å². The van der Waals surface area contributed by atoms with Gasteiger partial charge >= 0.3 is 0 Å². The Labute approximate surface area is 122 Å². The van der Waals surface area contributed by atoms with Crippen molar-refractivity contribution >= 4 is 23.3 Å². The number of hydrogen-bond acceptors (Lipinski definition) is 3. The lowest BCUT2D eigenvalue weighted by molar-refractivity contribution is -0.0271. The third kappa shape index (κ3) is 2.51. The van der Waals surface area contributed by atoms with Gasteiger partial charge in [-0.25, -0.2) is 4.39 Å². The molecule has 1 aromatic heterocycles. The van der Waals surface area contributed by atoms with Crippen LogP contribution in [0.25, 0.3) is 11.0 Å². The molecule has 3 rings (SSSR count). The summed E-state index contributed by atoms with van der Waals surface area (Å²) in [6, 6.07) is 3.34. The van der Waals surface area contributed by atoms with Gasteiger partial charge in [0.2, 0.25) is 0 Å². The zero-order valence-corrected chi connectivity index (χ0v) is 12.5. The molecule has 4 nitrogen and oxygen atoms in total. The summed E-state index contributed by atoms with van der Waals surface area (Å²) in [5.41, 5.74) is 2.30. The Morgan fingerprint density at radius 1 is 1.50 bits per heavy atom. The number of likely N-dealkylation sites (N-methyl/N-ethyl adjacent to an activating group) is 1. The zero-order valence-electron chi connectivity index (χ0n) is 11.6. The quantitative estimate of drug-likeness (QED) is 0.864. The van der Waals surface area contributed by atoms with Gasteiger partial charge in [-0.2, -0.15) is 0 Å². The number of ether oxygens (including phenoxy) is 1. The van der Waals surface area contributed by atoms with Gasteiger partial charge in [0.25, 0.3) is 0 Å².